The molecule has 0 spiro atoms. The first kappa shape index (κ1) is 26.5. The Hall–Kier alpha value is -4.60. The largest absolute Gasteiger partial charge is 0.478 e. The van der Waals surface area contributed by atoms with Crippen LogP contribution >= 0.6 is 0 Å². The normalized spacial score (nSPS) is 13.7. The molecule has 1 fully saturated rings. The molecule has 1 aliphatic rings. The maximum Gasteiger partial charge on any atom is 0.335 e. The summed E-state index contributed by atoms with van der Waals surface area (Å²) in [6.07, 6.45) is 3.19. The summed E-state index contributed by atoms with van der Waals surface area (Å²) in [5.74, 6) is -2.12. The molecule has 0 unspecified atom stereocenters. The number of carbonyl (C=O) groups is 4. The van der Waals surface area contributed by atoms with Crippen LogP contribution in [-0.2, 0) is 6.42 Å². The predicted molar refractivity (Wildman–Crippen MR) is 137 cm³/mol. The first-order chi connectivity index (χ1) is 18.2. The van der Waals surface area contributed by atoms with Crippen LogP contribution in [0.5, 0.6) is 0 Å². The molecular formula is C28H28N4O6. The Bertz CT molecular complexity index is 1380. The van der Waals surface area contributed by atoms with Crippen LogP contribution in [0, 0.1) is 6.92 Å². The fraction of sp³-hybridized carbons (Fsp3) is 0.286. The van der Waals surface area contributed by atoms with E-state index in [9.17, 15) is 24.3 Å². The molecule has 3 aromatic rings. The molecule has 3 N–H and O–H groups in total. The van der Waals surface area contributed by atoms with Crippen LogP contribution in [0.2, 0.25) is 0 Å². The lowest BCUT2D eigenvalue weighted by atomic mass is 9.90. The second kappa shape index (κ2) is 11.6. The second-order valence-corrected chi connectivity index (χ2v) is 9.18. The molecule has 0 bridgehead atoms. The molecule has 0 radical (unpaired) electrons. The number of nitrogens with zero attached hydrogens (tertiary/aromatic N) is 3. The van der Waals surface area contributed by atoms with E-state index < -0.39 is 11.9 Å². The minimum absolute atomic E-state index is 0.0425. The van der Waals surface area contributed by atoms with Gasteiger partial charge in [0.25, 0.3) is 11.8 Å². The van der Waals surface area contributed by atoms with Gasteiger partial charge >= 0.3 is 11.9 Å². The van der Waals surface area contributed by atoms with Gasteiger partial charge in [-0.3, -0.25) is 9.59 Å². The summed E-state index contributed by atoms with van der Waals surface area (Å²) in [7, 11) is 0. The molecule has 1 aliphatic heterocycles. The number of amides is 2. The minimum atomic E-state index is -1.09. The summed E-state index contributed by atoms with van der Waals surface area (Å²) in [5, 5.41) is 21.2. The Labute approximate surface area is 219 Å². The summed E-state index contributed by atoms with van der Waals surface area (Å²) in [6.45, 7) is 2.97. The molecule has 0 aliphatic carbocycles. The van der Waals surface area contributed by atoms with E-state index >= 15 is 0 Å². The summed E-state index contributed by atoms with van der Waals surface area (Å²) >= 11 is 0. The SMILES string of the molecule is Cc1ncc(C(=O)NCCc2cccc(C(=O)O)c2)c(C2CCN(C(=O)c3cccc(C(=O)O)c3)CC2)n1. The topological polar surface area (TPSA) is 150 Å². The summed E-state index contributed by atoms with van der Waals surface area (Å²) in [6, 6.07) is 12.6. The zero-order chi connectivity index (χ0) is 27.2. The maximum absolute atomic E-state index is 13.0. The fourth-order valence-corrected chi connectivity index (χ4v) is 4.57. The second-order valence-electron chi connectivity index (χ2n) is 9.18. The number of rotatable bonds is 8. The van der Waals surface area contributed by atoms with E-state index in [2.05, 4.69) is 15.3 Å². The van der Waals surface area contributed by atoms with E-state index in [1.807, 2.05) is 6.07 Å². The summed E-state index contributed by atoms with van der Waals surface area (Å²) in [5.41, 5.74) is 2.42. The number of likely N-dealkylation sites (tertiary alicyclic amines) is 1. The quantitative estimate of drug-likeness (QED) is 0.413. The highest BCUT2D eigenvalue weighted by Crippen LogP contribution is 2.30. The van der Waals surface area contributed by atoms with E-state index in [1.165, 1.54) is 24.4 Å². The van der Waals surface area contributed by atoms with Gasteiger partial charge in [0.2, 0.25) is 0 Å². The van der Waals surface area contributed by atoms with Crippen LogP contribution in [0.25, 0.3) is 0 Å². The number of hydrogen-bond donors (Lipinski definition) is 3. The van der Waals surface area contributed by atoms with Crippen molar-refractivity contribution in [3.63, 3.8) is 0 Å². The zero-order valence-corrected chi connectivity index (χ0v) is 20.9. The van der Waals surface area contributed by atoms with Crippen molar-refractivity contribution in [3.05, 3.63) is 94.1 Å². The van der Waals surface area contributed by atoms with Crippen molar-refractivity contribution in [1.82, 2.24) is 20.2 Å². The van der Waals surface area contributed by atoms with Crippen LogP contribution in [0.15, 0.2) is 54.7 Å². The van der Waals surface area contributed by atoms with Gasteiger partial charge in [0.05, 0.1) is 22.4 Å². The van der Waals surface area contributed by atoms with Gasteiger partial charge in [-0.05, 0) is 62.1 Å². The molecule has 196 valence electrons. The Balaban J connectivity index is 1.39. The lowest BCUT2D eigenvalue weighted by Gasteiger charge is -2.32. The highest BCUT2D eigenvalue weighted by Gasteiger charge is 2.29. The van der Waals surface area contributed by atoms with Crippen molar-refractivity contribution in [2.24, 2.45) is 0 Å². The van der Waals surface area contributed by atoms with Crippen molar-refractivity contribution in [3.8, 4) is 0 Å². The van der Waals surface area contributed by atoms with Gasteiger partial charge in [0, 0.05) is 37.3 Å². The van der Waals surface area contributed by atoms with Crippen molar-refractivity contribution in [1.29, 1.82) is 0 Å². The monoisotopic (exact) mass is 516 g/mol. The molecule has 10 nitrogen and oxygen atoms in total. The lowest BCUT2D eigenvalue weighted by molar-refractivity contribution is 0.0684. The molecule has 0 saturated carbocycles. The Morgan fingerprint density at radius 1 is 0.947 bits per heavy atom. The maximum atomic E-state index is 13.0. The number of nitrogens with one attached hydrogen (secondary N) is 1. The van der Waals surface area contributed by atoms with E-state index in [1.54, 1.807) is 36.1 Å². The third-order valence-corrected chi connectivity index (χ3v) is 6.58. The number of aromatic nitrogens is 2. The number of carboxylic acid groups (broad SMARTS) is 2. The zero-order valence-electron chi connectivity index (χ0n) is 20.9. The predicted octanol–water partition coefficient (Wildman–Crippen LogP) is 3.17. The van der Waals surface area contributed by atoms with Crippen molar-refractivity contribution >= 4 is 23.8 Å². The molecule has 2 heterocycles. The van der Waals surface area contributed by atoms with Gasteiger partial charge in [-0.2, -0.15) is 0 Å². The fourth-order valence-electron chi connectivity index (χ4n) is 4.57. The van der Waals surface area contributed by atoms with Crippen LogP contribution in [0.1, 0.15) is 77.3 Å². The number of hydrogen-bond acceptors (Lipinski definition) is 6. The van der Waals surface area contributed by atoms with Crippen LogP contribution in [0.3, 0.4) is 0 Å². The Morgan fingerprint density at radius 2 is 1.58 bits per heavy atom. The van der Waals surface area contributed by atoms with E-state index in [4.69, 9.17) is 5.11 Å². The molecule has 38 heavy (non-hydrogen) atoms. The van der Waals surface area contributed by atoms with Gasteiger partial charge in [0.1, 0.15) is 5.82 Å². The van der Waals surface area contributed by atoms with Gasteiger partial charge < -0.3 is 20.4 Å². The van der Waals surface area contributed by atoms with Gasteiger partial charge in [-0.1, -0.05) is 18.2 Å². The van der Waals surface area contributed by atoms with Crippen molar-refractivity contribution in [2.45, 2.75) is 32.1 Å². The summed E-state index contributed by atoms with van der Waals surface area (Å²) < 4.78 is 0. The smallest absolute Gasteiger partial charge is 0.335 e. The van der Waals surface area contributed by atoms with Crippen LogP contribution in [-0.4, -0.2) is 68.5 Å². The Morgan fingerprint density at radius 3 is 2.26 bits per heavy atom. The molecule has 10 heteroatoms. The highest BCUT2D eigenvalue weighted by atomic mass is 16.4. The molecule has 1 aromatic heterocycles. The third kappa shape index (κ3) is 6.20. The Kier molecular flexibility index (Phi) is 8.10. The average Bonchev–Trinajstić information content (AvgIpc) is 2.92. The number of piperidine rings is 1. The van der Waals surface area contributed by atoms with Crippen LogP contribution < -0.4 is 5.32 Å². The van der Waals surface area contributed by atoms with Crippen LogP contribution in [0.4, 0.5) is 0 Å². The van der Waals surface area contributed by atoms with Gasteiger partial charge in [-0.15, -0.1) is 0 Å². The first-order valence-corrected chi connectivity index (χ1v) is 12.3. The van der Waals surface area contributed by atoms with Crippen molar-refractivity contribution < 1.29 is 29.4 Å². The van der Waals surface area contributed by atoms with E-state index in [0.717, 1.165) is 5.56 Å². The molecule has 4 rings (SSSR count). The molecule has 2 amide bonds. The van der Waals surface area contributed by atoms with Crippen molar-refractivity contribution in [2.75, 3.05) is 19.6 Å². The number of aryl methyl sites for hydroxylation is 1. The van der Waals surface area contributed by atoms with E-state index in [0.29, 0.717) is 61.5 Å². The lowest BCUT2D eigenvalue weighted by Crippen LogP contribution is -2.38. The first-order valence-electron chi connectivity index (χ1n) is 12.3. The number of carboxylic acids is 2. The number of carbonyl (C=O) groups excluding carboxylic acids is 2. The van der Waals surface area contributed by atoms with E-state index in [-0.39, 0.29) is 28.9 Å². The summed E-state index contributed by atoms with van der Waals surface area (Å²) in [4.78, 5) is 58.9. The number of benzene rings is 2. The van der Waals surface area contributed by atoms with Gasteiger partial charge in [-0.25, -0.2) is 19.6 Å². The molecule has 0 atom stereocenters. The average molecular weight is 517 g/mol. The molecular weight excluding hydrogens is 488 g/mol. The number of aromatic carboxylic acids is 2. The van der Waals surface area contributed by atoms with Gasteiger partial charge in [0.15, 0.2) is 0 Å². The highest BCUT2D eigenvalue weighted by molar-refractivity contribution is 5.97. The minimum Gasteiger partial charge on any atom is -0.478 e. The molecule has 1 saturated heterocycles. The molecule has 2 aromatic carbocycles. The standard InChI is InChI=1S/C28H28N4O6/c1-17-30-16-23(25(33)29-11-8-18-4-2-6-21(14-18)27(35)36)24(31-17)19-9-12-32(13-10-19)26(34)20-5-3-7-22(15-20)28(37)38/h2-7,14-16,19H,8-13H2,1H3,(H,29,33)(H,35,36)(H,37,38). The third-order valence-electron chi connectivity index (χ3n) is 6.58.